The number of halogens is 2. The number of nitrogens with zero attached hydrogens (tertiary/aromatic N) is 1. The van der Waals surface area contributed by atoms with Crippen LogP contribution in [0.15, 0.2) is 12.1 Å². The topological polar surface area (TPSA) is 81.2 Å². The van der Waals surface area contributed by atoms with Gasteiger partial charge in [-0.05, 0) is 12.8 Å². The van der Waals surface area contributed by atoms with E-state index in [0.29, 0.717) is 5.69 Å². The Balaban J connectivity index is 2.20. The SMILES string of the molecule is NC1CC(Nc2c(Cl)cc([N+](=O)[O-])cc2Cl)C1. The van der Waals surface area contributed by atoms with Crippen molar-refractivity contribution in [2.75, 3.05) is 5.32 Å². The van der Waals surface area contributed by atoms with Crippen LogP contribution in [0.3, 0.4) is 0 Å². The number of non-ortho nitro benzene ring substituents is 1. The van der Waals surface area contributed by atoms with Gasteiger partial charge in [0, 0.05) is 24.2 Å². The Morgan fingerprint density at radius 1 is 1.35 bits per heavy atom. The summed E-state index contributed by atoms with van der Waals surface area (Å²) in [5.41, 5.74) is 6.09. The molecule has 0 spiro atoms. The lowest BCUT2D eigenvalue weighted by atomic mass is 9.87. The van der Waals surface area contributed by atoms with Gasteiger partial charge in [0.1, 0.15) is 0 Å². The van der Waals surface area contributed by atoms with E-state index < -0.39 is 4.92 Å². The van der Waals surface area contributed by atoms with Crippen LogP contribution in [0.1, 0.15) is 12.8 Å². The molecule has 3 N–H and O–H groups in total. The molecule has 0 amide bonds. The van der Waals surface area contributed by atoms with Gasteiger partial charge in [0.2, 0.25) is 0 Å². The molecule has 0 aliphatic heterocycles. The third-order valence-electron chi connectivity index (χ3n) is 2.76. The summed E-state index contributed by atoms with van der Waals surface area (Å²) in [6.45, 7) is 0. The van der Waals surface area contributed by atoms with Crippen molar-refractivity contribution in [3.8, 4) is 0 Å². The molecule has 1 aromatic rings. The monoisotopic (exact) mass is 275 g/mol. The fourth-order valence-corrected chi connectivity index (χ4v) is 2.37. The fourth-order valence-electron chi connectivity index (χ4n) is 1.79. The molecule has 1 fully saturated rings. The first-order valence-electron chi connectivity index (χ1n) is 5.13. The van der Waals surface area contributed by atoms with Crippen LogP contribution in [-0.4, -0.2) is 17.0 Å². The van der Waals surface area contributed by atoms with Gasteiger partial charge in [0.05, 0.1) is 20.7 Å². The molecule has 0 radical (unpaired) electrons. The van der Waals surface area contributed by atoms with Crippen molar-refractivity contribution in [3.05, 3.63) is 32.3 Å². The van der Waals surface area contributed by atoms with E-state index in [1.54, 1.807) is 0 Å². The van der Waals surface area contributed by atoms with Crippen molar-refractivity contribution in [2.24, 2.45) is 5.73 Å². The van der Waals surface area contributed by atoms with Crippen LogP contribution >= 0.6 is 23.2 Å². The Kier molecular flexibility index (Phi) is 3.42. The number of hydrogen-bond acceptors (Lipinski definition) is 4. The third-order valence-corrected chi connectivity index (χ3v) is 3.36. The van der Waals surface area contributed by atoms with Gasteiger partial charge >= 0.3 is 0 Å². The maximum absolute atomic E-state index is 10.6. The Morgan fingerprint density at radius 3 is 2.29 bits per heavy atom. The van der Waals surface area contributed by atoms with Crippen molar-refractivity contribution in [1.29, 1.82) is 0 Å². The number of nitro groups is 1. The Bertz CT molecular complexity index is 438. The molecule has 0 saturated heterocycles. The first-order valence-corrected chi connectivity index (χ1v) is 5.88. The lowest BCUT2D eigenvalue weighted by Crippen LogP contribution is -2.44. The first-order chi connectivity index (χ1) is 7.97. The number of hydrogen-bond donors (Lipinski definition) is 2. The van der Waals surface area contributed by atoms with Crippen LogP contribution in [0, 0.1) is 10.1 Å². The number of nitro benzene ring substituents is 1. The maximum atomic E-state index is 10.6. The van der Waals surface area contributed by atoms with Gasteiger partial charge in [0.25, 0.3) is 5.69 Å². The minimum absolute atomic E-state index is 0.115. The van der Waals surface area contributed by atoms with E-state index in [0.717, 1.165) is 12.8 Å². The molecule has 7 heteroatoms. The molecular weight excluding hydrogens is 265 g/mol. The molecule has 5 nitrogen and oxygen atoms in total. The van der Waals surface area contributed by atoms with Gasteiger partial charge in [-0.15, -0.1) is 0 Å². The van der Waals surface area contributed by atoms with Crippen molar-refractivity contribution < 1.29 is 4.92 Å². The van der Waals surface area contributed by atoms with Crippen molar-refractivity contribution in [3.63, 3.8) is 0 Å². The summed E-state index contributed by atoms with van der Waals surface area (Å²) >= 11 is 11.9. The highest BCUT2D eigenvalue weighted by Crippen LogP contribution is 2.36. The zero-order valence-corrected chi connectivity index (χ0v) is 10.3. The minimum Gasteiger partial charge on any atom is -0.380 e. The van der Waals surface area contributed by atoms with Gasteiger partial charge in [-0.2, -0.15) is 0 Å². The fraction of sp³-hybridized carbons (Fsp3) is 0.400. The summed E-state index contributed by atoms with van der Waals surface area (Å²) in [5, 5.41) is 14.3. The Morgan fingerprint density at radius 2 is 1.88 bits per heavy atom. The van der Waals surface area contributed by atoms with Gasteiger partial charge in [0.15, 0.2) is 0 Å². The van der Waals surface area contributed by atoms with E-state index in [2.05, 4.69) is 5.32 Å². The number of nitrogens with two attached hydrogens (primary N) is 1. The number of rotatable bonds is 3. The van der Waals surface area contributed by atoms with Crippen LogP contribution in [-0.2, 0) is 0 Å². The predicted molar refractivity (Wildman–Crippen MR) is 67.7 cm³/mol. The van der Waals surface area contributed by atoms with Gasteiger partial charge in [-0.1, -0.05) is 23.2 Å². The predicted octanol–water partition coefficient (Wildman–Crippen LogP) is 2.80. The smallest absolute Gasteiger partial charge is 0.272 e. The highest BCUT2D eigenvalue weighted by atomic mass is 35.5. The molecule has 0 aromatic heterocycles. The maximum Gasteiger partial charge on any atom is 0.272 e. The molecule has 2 rings (SSSR count). The molecule has 1 aliphatic rings. The van der Waals surface area contributed by atoms with E-state index in [9.17, 15) is 10.1 Å². The molecular formula is C10H11Cl2N3O2. The summed E-state index contributed by atoms with van der Waals surface area (Å²) in [5.74, 6) is 0. The zero-order chi connectivity index (χ0) is 12.6. The normalized spacial score (nSPS) is 23.0. The summed E-state index contributed by atoms with van der Waals surface area (Å²) in [7, 11) is 0. The summed E-state index contributed by atoms with van der Waals surface area (Å²) in [6, 6.07) is 3.02. The van der Waals surface area contributed by atoms with E-state index >= 15 is 0 Å². The second kappa shape index (κ2) is 4.68. The average molecular weight is 276 g/mol. The number of benzene rings is 1. The third kappa shape index (κ3) is 2.62. The largest absolute Gasteiger partial charge is 0.380 e. The quantitative estimate of drug-likeness (QED) is 0.657. The molecule has 1 saturated carbocycles. The van der Waals surface area contributed by atoms with Crippen molar-refractivity contribution in [1.82, 2.24) is 0 Å². The molecule has 0 heterocycles. The summed E-state index contributed by atoms with van der Waals surface area (Å²) in [4.78, 5) is 10.1. The lowest BCUT2D eigenvalue weighted by Gasteiger charge is -2.34. The van der Waals surface area contributed by atoms with Gasteiger partial charge in [-0.25, -0.2) is 0 Å². The van der Waals surface area contributed by atoms with Crippen LogP contribution in [0.25, 0.3) is 0 Å². The van der Waals surface area contributed by atoms with E-state index in [1.165, 1.54) is 12.1 Å². The zero-order valence-electron chi connectivity index (χ0n) is 8.82. The summed E-state index contributed by atoms with van der Waals surface area (Å²) in [6.07, 6.45) is 1.70. The van der Waals surface area contributed by atoms with Crippen molar-refractivity contribution in [2.45, 2.75) is 24.9 Å². The molecule has 92 valence electrons. The van der Waals surface area contributed by atoms with Gasteiger partial charge < -0.3 is 11.1 Å². The van der Waals surface area contributed by atoms with Crippen LogP contribution in [0.2, 0.25) is 10.0 Å². The van der Waals surface area contributed by atoms with Gasteiger partial charge in [-0.3, -0.25) is 10.1 Å². The van der Waals surface area contributed by atoms with E-state index in [1.807, 2.05) is 0 Å². The average Bonchev–Trinajstić information content (AvgIpc) is 2.19. The number of anilines is 1. The highest BCUT2D eigenvalue weighted by Gasteiger charge is 2.27. The molecule has 17 heavy (non-hydrogen) atoms. The number of nitrogens with one attached hydrogen (secondary N) is 1. The van der Waals surface area contributed by atoms with E-state index in [-0.39, 0.29) is 27.8 Å². The highest BCUT2D eigenvalue weighted by molar-refractivity contribution is 6.39. The van der Waals surface area contributed by atoms with Crippen LogP contribution in [0.5, 0.6) is 0 Å². The molecule has 1 aromatic carbocycles. The first kappa shape index (κ1) is 12.4. The molecule has 0 atom stereocenters. The second-order valence-corrected chi connectivity index (χ2v) is 4.93. The second-order valence-electron chi connectivity index (χ2n) is 4.11. The molecule has 0 unspecified atom stereocenters. The van der Waals surface area contributed by atoms with E-state index in [4.69, 9.17) is 28.9 Å². The van der Waals surface area contributed by atoms with Crippen LogP contribution in [0.4, 0.5) is 11.4 Å². The lowest BCUT2D eigenvalue weighted by molar-refractivity contribution is -0.384. The Labute approximate surface area is 108 Å². The van der Waals surface area contributed by atoms with Crippen LogP contribution < -0.4 is 11.1 Å². The standard InChI is InChI=1S/C10H11Cl2N3O2/c11-8-3-7(15(16)17)4-9(12)10(8)14-6-1-5(13)2-6/h3-6,14H,1-2,13H2. The summed E-state index contributed by atoms with van der Waals surface area (Å²) < 4.78 is 0. The Hall–Kier alpha value is -1.04. The molecule has 1 aliphatic carbocycles. The van der Waals surface area contributed by atoms with Crippen molar-refractivity contribution >= 4 is 34.6 Å². The molecule has 0 bridgehead atoms. The minimum atomic E-state index is -0.527.